The van der Waals surface area contributed by atoms with Crippen LogP contribution in [-0.2, 0) is 12.8 Å². The van der Waals surface area contributed by atoms with E-state index in [1.54, 1.807) is 6.07 Å². The molecule has 0 saturated carbocycles. The van der Waals surface area contributed by atoms with Gasteiger partial charge >= 0.3 is 0 Å². The molecule has 108 valence electrons. The van der Waals surface area contributed by atoms with Crippen LogP contribution in [0.25, 0.3) is 0 Å². The predicted octanol–water partition coefficient (Wildman–Crippen LogP) is 2.53. The molecule has 0 saturated heterocycles. The van der Waals surface area contributed by atoms with E-state index in [0.29, 0.717) is 17.9 Å². The summed E-state index contributed by atoms with van der Waals surface area (Å²) in [5, 5.41) is 7.54. The molecule has 0 bridgehead atoms. The van der Waals surface area contributed by atoms with Gasteiger partial charge in [-0.15, -0.1) is 0 Å². The summed E-state index contributed by atoms with van der Waals surface area (Å²) in [6, 6.07) is 13.7. The van der Waals surface area contributed by atoms with Gasteiger partial charge in [0.15, 0.2) is 0 Å². The average Bonchev–Trinajstić information content (AvgIpc) is 2.95. The maximum Gasteiger partial charge on any atom is 0.130 e. The molecule has 1 aliphatic heterocycles. The molecule has 3 N–H and O–H groups in total. The van der Waals surface area contributed by atoms with E-state index in [1.165, 1.54) is 11.1 Å². The minimum absolute atomic E-state index is 0.0280. The van der Waals surface area contributed by atoms with Gasteiger partial charge in [-0.3, -0.25) is 5.41 Å². The monoisotopic (exact) mass is 282 g/mol. The van der Waals surface area contributed by atoms with Gasteiger partial charge in [0, 0.05) is 12.8 Å². The Kier molecular flexibility index (Phi) is 3.77. The summed E-state index contributed by atoms with van der Waals surface area (Å²) in [7, 11) is 0. The van der Waals surface area contributed by atoms with Gasteiger partial charge in [-0.2, -0.15) is 0 Å². The van der Waals surface area contributed by atoms with Crippen molar-refractivity contribution in [1.29, 1.82) is 5.41 Å². The standard InChI is InChI=1S/C17H18N2O2/c18-17(19)14-3-1-2-4-16(14)21-9-7-12-5-6-15-13(11-12)8-10-20-15/h1-6,11H,7-10H2,(H3,18,19). The molecule has 0 aromatic heterocycles. The predicted molar refractivity (Wildman–Crippen MR) is 82.3 cm³/mol. The molecule has 2 aromatic carbocycles. The number of ether oxygens (including phenoxy) is 2. The van der Waals surface area contributed by atoms with Crippen LogP contribution in [0.1, 0.15) is 16.7 Å². The summed E-state index contributed by atoms with van der Waals surface area (Å²) in [5.74, 6) is 1.69. The lowest BCUT2D eigenvalue weighted by atomic mass is 10.1. The molecule has 2 aromatic rings. The molecular formula is C17H18N2O2. The maximum atomic E-state index is 7.54. The summed E-state index contributed by atoms with van der Waals surface area (Å²) >= 11 is 0. The lowest BCUT2D eigenvalue weighted by molar-refractivity contribution is 0.321. The van der Waals surface area contributed by atoms with Crippen molar-refractivity contribution in [3.8, 4) is 11.5 Å². The number of fused-ring (bicyclic) bond motifs is 1. The van der Waals surface area contributed by atoms with Crippen LogP contribution in [0.5, 0.6) is 11.5 Å². The zero-order valence-electron chi connectivity index (χ0n) is 11.8. The van der Waals surface area contributed by atoms with Crippen molar-refractivity contribution in [2.75, 3.05) is 13.2 Å². The minimum atomic E-state index is 0.0280. The van der Waals surface area contributed by atoms with Gasteiger partial charge in [0.1, 0.15) is 17.3 Å². The lowest BCUT2D eigenvalue weighted by Crippen LogP contribution is -2.13. The molecule has 4 nitrogen and oxygen atoms in total. The molecule has 1 heterocycles. The number of amidine groups is 1. The summed E-state index contributed by atoms with van der Waals surface area (Å²) in [6.45, 7) is 1.34. The first-order chi connectivity index (χ1) is 10.2. The number of para-hydroxylation sites is 1. The van der Waals surface area contributed by atoms with Crippen LogP contribution >= 0.6 is 0 Å². The van der Waals surface area contributed by atoms with E-state index < -0.39 is 0 Å². The molecule has 0 amide bonds. The summed E-state index contributed by atoms with van der Waals surface area (Å²) in [5.41, 5.74) is 8.70. The zero-order chi connectivity index (χ0) is 14.7. The topological polar surface area (TPSA) is 68.3 Å². The number of nitrogens with two attached hydrogens (primary N) is 1. The van der Waals surface area contributed by atoms with Gasteiger partial charge in [0.25, 0.3) is 0 Å². The summed E-state index contributed by atoms with van der Waals surface area (Å²) in [6.07, 6.45) is 1.80. The second kappa shape index (κ2) is 5.87. The molecule has 4 heteroatoms. The molecule has 0 spiro atoms. The van der Waals surface area contributed by atoms with E-state index in [2.05, 4.69) is 12.1 Å². The highest BCUT2D eigenvalue weighted by atomic mass is 16.5. The van der Waals surface area contributed by atoms with Gasteiger partial charge in [0.2, 0.25) is 0 Å². The molecule has 0 aliphatic carbocycles. The number of hydrogen-bond acceptors (Lipinski definition) is 3. The normalized spacial score (nSPS) is 12.6. The Morgan fingerprint density at radius 2 is 2.10 bits per heavy atom. The fraction of sp³-hybridized carbons (Fsp3) is 0.235. The summed E-state index contributed by atoms with van der Waals surface area (Å²) < 4.78 is 11.3. The van der Waals surface area contributed by atoms with E-state index in [4.69, 9.17) is 20.6 Å². The third kappa shape index (κ3) is 2.99. The molecule has 0 unspecified atom stereocenters. The number of rotatable bonds is 5. The summed E-state index contributed by atoms with van der Waals surface area (Å²) in [4.78, 5) is 0. The SMILES string of the molecule is N=C(N)c1ccccc1OCCc1ccc2c(c1)CCO2. The first-order valence-corrected chi connectivity index (χ1v) is 7.05. The van der Waals surface area contributed by atoms with E-state index in [0.717, 1.165) is 25.2 Å². The van der Waals surface area contributed by atoms with Crippen molar-refractivity contribution < 1.29 is 9.47 Å². The minimum Gasteiger partial charge on any atom is -0.493 e. The number of hydrogen-bond donors (Lipinski definition) is 2. The van der Waals surface area contributed by atoms with Crippen LogP contribution in [0.15, 0.2) is 42.5 Å². The quantitative estimate of drug-likeness (QED) is 0.654. The van der Waals surface area contributed by atoms with Gasteiger partial charge in [0.05, 0.1) is 18.8 Å². The van der Waals surface area contributed by atoms with Crippen molar-refractivity contribution >= 4 is 5.84 Å². The maximum absolute atomic E-state index is 7.54. The highest BCUT2D eigenvalue weighted by molar-refractivity contribution is 5.97. The number of benzene rings is 2. The Hall–Kier alpha value is -2.49. The Morgan fingerprint density at radius 1 is 1.24 bits per heavy atom. The van der Waals surface area contributed by atoms with Crippen LogP contribution in [0, 0.1) is 5.41 Å². The fourth-order valence-electron chi connectivity index (χ4n) is 2.49. The van der Waals surface area contributed by atoms with Gasteiger partial charge in [-0.05, 0) is 29.3 Å². The fourth-order valence-corrected chi connectivity index (χ4v) is 2.49. The van der Waals surface area contributed by atoms with Crippen LogP contribution < -0.4 is 15.2 Å². The average molecular weight is 282 g/mol. The highest BCUT2D eigenvalue weighted by Crippen LogP contribution is 2.26. The Balaban J connectivity index is 1.63. The highest BCUT2D eigenvalue weighted by Gasteiger charge is 2.12. The number of nitrogen functional groups attached to an aromatic ring is 1. The second-order valence-electron chi connectivity index (χ2n) is 5.05. The third-order valence-corrected chi connectivity index (χ3v) is 3.58. The lowest BCUT2D eigenvalue weighted by Gasteiger charge is -2.10. The molecule has 21 heavy (non-hydrogen) atoms. The van der Waals surface area contributed by atoms with Crippen LogP contribution in [0.2, 0.25) is 0 Å². The van der Waals surface area contributed by atoms with E-state index in [-0.39, 0.29) is 5.84 Å². The van der Waals surface area contributed by atoms with Crippen molar-refractivity contribution in [2.24, 2.45) is 5.73 Å². The first-order valence-electron chi connectivity index (χ1n) is 7.05. The Morgan fingerprint density at radius 3 is 2.95 bits per heavy atom. The smallest absolute Gasteiger partial charge is 0.130 e. The molecule has 0 atom stereocenters. The number of nitrogens with one attached hydrogen (secondary N) is 1. The third-order valence-electron chi connectivity index (χ3n) is 3.58. The Bertz CT molecular complexity index is 668. The van der Waals surface area contributed by atoms with E-state index in [1.807, 2.05) is 24.3 Å². The largest absolute Gasteiger partial charge is 0.493 e. The van der Waals surface area contributed by atoms with Crippen LogP contribution in [0.3, 0.4) is 0 Å². The van der Waals surface area contributed by atoms with Gasteiger partial charge < -0.3 is 15.2 Å². The van der Waals surface area contributed by atoms with Gasteiger partial charge in [-0.1, -0.05) is 24.3 Å². The van der Waals surface area contributed by atoms with Crippen LogP contribution in [0.4, 0.5) is 0 Å². The van der Waals surface area contributed by atoms with E-state index in [9.17, 15) is 0 Å². The van der Waals surface area contributed by atoms with Crippen molar-refractivity contribution in [3.63, 3.8) is 0 Å². The van der Waals surface area contributed by atoms with Crippen molar-refractivity contribution in [3.05, 3.63) is 59.2 Å². The van der Waals surface area contributed by atoms with E-state index >= 15 is 0 Å². The second-order valence-corrected chi connectivity index (χ2v) is 5.05. The van der Waals surface area contributed by atoms with Crippen molar-refractivity contribution in [2.45, 2.75) is 12.8 Å². The van der Waals surface area contributed by atoms with Crippen LogP contribution in [-0.4, -0.2) is 19.0 Å². The molecule has 1 aliphatic rings. The molecule has 0 fully saturated rings. The Labute approximate surface area is 124 Å². The zero-order valence-corrected chi connectivity index (χ0v) is 11.8. The van der Waals surface area contributed by atoms with Gasteiger partial charge in [-0.25, -0.2) is 0 Å². The molecule has 3 rings (SSSR count). The van der Waals surface area contributed by atoms with Crippen molar-refractivity contribution in [1.82, 2.24) is 0 Å². The first kappa shape index (κ1) is 13.5. The molecule has 0 radical (unpaired) electrons. The molecular weight excluding hydrogens is 264 g/mol.